The molecule has 1 rings (SSSR count). The maximum absolute atomic E-state index is 11.8. The summed E-state index contributed by atoms with van der Waals surface area (Å²) in [5.74, 6) is 0.217. The van der Waals surface area contributed by atoms with Crippen LogP contribution in [0.5, 0.6) is 5.88 Å². The first-order chi connectivity index (χ1) is 8.49. The molecule has 18 heavy (non-hydrogen) atoms. The number of nitrogens with one attached hydrogen (secondary N) is 2. The minimum Gasteiger partial charge on any atom is -0.480 e. The van der Waals surface area contributed by atoms with Gasteiger partial charge in [-0.15, -0.1) is 0 Å². The highest BCUT2D eigenvalue weighted by Gasteiger charge is 2.16. The second kappa shape index (κ2) is 5.76. The number of hydrogen-bond acceptors (Lipinski definition) is 4. The molecule has 1 heterocycles. The van der Waals surface area contributed by atoms with Crippen molar-refractivity contribution in [2.75, 3.05) is 26.5 Å². The molecule has 0 aliphatic carbocycles. The lowest BCUT2D eigenvalue weighted by molar-refractivity contribution is 0.0823. The first-order valence-electron chi connectivity index (χ1n) is 5.08. The van der Waals surface area contributed by atoms with E-state index in [0.717, 1.165) is 0 Å². The van der Waals surface area contributed by atoms with Crippen molar-refractivity contribution in [2.45, 2.75) is 0 Å². The summed E-state index contributed by atoms with van der Waals surface area (Å²) >= 11 is 0. The van der Waals surface area contributed by atoms with Gasteiger partial charge in [0.1, 0.15) is 11.4 Å². The van der Waals surface area contributed by atoms with Crippen LogP contribution in [-0.4, -0.2) is 49.7 Å². The van der Waals surface area contributed by atoms with Crippen LogP contribution in [0.25, 0.3) is 0 Å². The number of pyridine rings is 1. The largest absolute Gasteiger partial charge is 0.480 e. The van der Waals surface area contributed by atoms with Crippen LogP contribution in [0.3, 0.4) is 0 Å². The molecule has 0 unspecified atom stereocenters. The summed E-state index contributed by atoms with van der Waals surface area (Å²) in [5.41, 5.74) is 0.353. The standard InChI is InChI=1S/C11H15N5O2/c1-13-11(12)15-8-6-5-7(9(14-8)18-4)10(17)16(2)3/h5-6H,1H2,2-4H3,(H2,12,14,15). The molecule has 1 aromatic rings. The fourth-order valence-corrected chi connectivity index (χ4v) is 1.23. The molecule has 0 spiro atoms. The van der Waals surface area contributed by atoms with Gasteiger partial charge in [0.25, 0.3) is 5.91 Å². The molecule has 0 radical (unpaired) electrons. The zero-order valence-electron chi connectivity index (χ0n) is 10.5. The number of methoxy groups -OCH3 is 1. The molecule has 0 aliphatic heterocycles. The lowest BCUT2D eigenvalue weighted by Crippen LogP contribution is -2.22. The number of aliphatic imine (C=N–C) groups is 1. The lowest BCUT2D eigenvalue weighted by Gasteiger charge is -2.13. The Morgan fingerprint density at radius 1 is 1.56 bits per heavy atom. The topological polar surface area (TPSA) is 90.7 Å². The molecule has 0 atom stereocenters. The summed E-state index contributed by atoms with van der Waals surface area (Å²) in [6.45, 7) is 3.21. The molecule has 1 aromatic heterocycles. The number of ether oxygens (including phenoxy) is 1. The zero-order valence-corrected chi connectivity index (χ0v) is 10.5. The third-order valence-corrected chi connectivity index (χ3v) is 2.09. The third-order valence-electron chi connectivity index (χ3n) is 2.09. The van der Waals surface area contributed by atoms with Crippen LogP contribution in [0.1, 0.15) is 10.4 Å². The fraction of sp³-hybridized carbons (Fsp3) is 0.273. The van der Waals surface area contributed by atoms with Crippen LogP contribution in [0, 0.1) is 5.41 Å². The number of nitrogens with zero attached hydrogens (tertiary/aromatic N) is 3. The highest BCUT2D eigenvalue weighted by atomic mass is 16.5. The number of guanidine groups is 1. The van der Waals surface area contributed by atoms with Gasteiger partial charge in [0.15, 0.2) is 0 Å². The number of amides is 1. The minimum absolute atomic E-state index is 0.128. The van der Waals surface area contributed by atoms with Gasteiger partial charge in [0.2, 0.25) is 11.8 Å². The molecular formula is C11H15N5O2. The predicted molar refractivity (Wildman–Crippen MR) is 69.7 cm³/mol. The Kier molecular flexibility index (Phi) is 4.36. The molecule has 0 fully saturated rings. The summed E-state index contributed by atoms with van der Waals surface area (Å²) in [4.78, 5) is 20.7. The second-order valence-electron chi connectivity index (χ2n) is 3.58. The van der Waals surface area contributed by atoms with E-state index in [9.17, 15) is 4.79 Å². The van der Waals surface area contributed by atoms with Gasteiger partial charge >= 0.3 is 0 Å². The maximum atomic E-state index is 11.8. The second-order valence-corrected chi connectivity index (χ2v) is 3.58. The Bertz CT molecular complexity index is 484. The maximum Gasteiger partial charge on any atom is 0.258 e. The quantitative estimate of drug-likeness (QED) is 0.613. The molecule has 1 amide bonds. The Morgan fingerprint density at radius 3 is 2.72 bits per heavy atom. The van der Waals surface area contributed by atoms with Crippen LogP contribution in [0.15, 0.2) is 17.1 Å². The summed E-state index contributed by atoms with van der Waals surface area (Å²) in [6, 6.07) is 3.14. The summed E-state index contributed by atoms with van der Waals surface area (Å²) in [5, 5.41) is 9.91. The first kappa shape index (κ1) is 13.6. The van der Waals surface area contributed by atoms with Crippen molar-refractivity contribution in [2.24, 2.45) is 4.99 Å². The lowest BCUT2D eigenvalue weighted by atomic mass is 10.2. The fourth-order valence-electron chi connectivity index (χ4n) is 1.23. The first-order valence-corrected chi connectivity index (χ1v) is 5.08. The van der Waals surface area contributed by atoms with Gasteiger partial charge in [-0.05, 0) is 18.9 Å². The van der Waals surface area contributed by atoms with Crippen molar-refractivity contribution in [1.29, 1.82) is 5.41 Å². The predicted octanol–water partition coefficient (Wildman–Crippen LogP) is 0.839. The zero-order chi connectivity index (χ0) is 13.7. The van der Waals surface area contributed by atoms with Crippen LogP contribution in [0.4, 0.5) is 5.82 Å². The van der Waals surface area contributed by atoms with E-state index in [1.165, 1.54) is 12.0 Å². The van der Waals surface area contributed by atoms with E-state index in [1.807, 2.05) is 0 Å². The van der Waals surface area contributed by atoms with Gasteiger partial charge in [-0.3, -0.25) is 10.2 Å². The summed E-state index contributed by atoms with van der Waals surface area (Å²) in [7, 11) is 4.71. The Balaban J connectivity index is 3.07. The molecule has 0 aromatic carbocycles. The van der Waals surface area contributed by atoms with Crippen molar-refractivity contribution >= 4 is 24.4 Å². The normalized spacial score (nSPS) is 9.50. The van der Waals surface area contributed by atoms with E-state index in [2.05, 4.69) is 22.0 Å². The van der Waals surface area contributed by atoms with Gasteiger partial charge in [0.05, 0.1) is 7.11 Å². The average molecular weight is 249 g/mol. The molecule has 0 saturated heterocycles. The van der Waals surface area contributed by atoms with E-state index in [1.54, 1.807) is 26.2 Å². The van der Waals surface area contributed by atoms with Crippen molar-refractivity contribution in [1.82, 2.24) is 9.88 Å². The summed E-state index contributed by atoms with van der Waals surface area (Å²) < 4.78 is 5.06. The van der Waals surface area contributed by atoms with Crippen LogP contribution < -0.4 is 10.1 Å². The molecule has 96 valence electrons. The number of rotatable bonds is 3. The molecule has 0 bridgehead atoms. The molecule has 7 heteroatoms. The smallest absolute Gasteiger partial charge is 0.258 e. The van der Waals surface area contributed by atoms with Gasteiger partial charge in [-0.1, -0.05) is 0 Å². The van der Waals surface area contributed by atoms with E-state index in [4.69, 9.17) is 10.1 Å². The van der Waals surface area contributed by atoms with E-state index in [0.29, 0.717) is 11.4 Å². The average Bonchev–Trinajstić information content (AvgIpc) is 2.37. The molecule has 0 aliphatic rings. The number of anilines is 1. The van der Waals surface area contributed by atoms with Crippen molar-refractivity contribution < 1.29 is 9.53 Å². The van der Waals surface area contributed by atoms with Crippen molar-refractivity contribution in [3.63, 3.8) is 0 Å². The Labute approximate surface area is 105 Å². The van der Waals surface area contributed by atoms with Crippen molar-refractivity contribution in [3.8, 4) is 5.88 Å². The molecule has 0 saturated carbocycles. The van der Waals surface area contributed by atoms with E-state index in [-0.39, 0.29) is 17.7 Å². The molecule has 7 nitrogen and oxygen atoms in total. The van der Waals surface area contributed by atoms with Gasteiger partial charge in [-0.2, -0.15) is 4.98 Å². The van der Waals surface area contributed by atoms with E-state index >= 15 is 0 Å². The SMILES string of the molecule is C=NC(=N)Nc1ccc(C(=O)N(C)C)c(OC)n1. The number of carbonyl (C=O) groups is 1. The summed E-state index contributed by atoms with van der Waals surface area (Å²) in [6.07, 6.45) is 0. The highest BCUT2D eigenvalue weighted by molar-refractivity contribution is 5.97. The van der Waals surface area contributed by atoms with Gasteiger partial charge in [0, 0.05) is 14.1 Å². The highest BCUT2D eigenvalue weighted by Crippen LogP contribution is 2.19. The minimum atomic E-state index is -0.206. The third kappa shape index (κ3) is 3.03. The number of aromatic nitrogens is 1. The molecule has 2 N–H and O–H groups in total. The van der Waals surface area contributed by atoms with Gasteiger partial charge < -0.3 is 15.0 Å². The molecular weight excluding hydrogens is 234 g/mol. The van der Waals surface area contributed by atoms with Crippen LogP contribution in [0.2, 0.25) is 0 Å². The number of hydrogen-bond donors (Lipinski definition) is 2. The Morgan fingerprint density at radius 2 is 2.22 bits per heavy atom. The van der Waals surface area contributed by atoms with Crippen LogP contribution >= 0.6 is 0 Å². The van der Waals surface area contributed by atoms with Gasteiger partial charge in [-0.25, -0.2) is 4.99 Å². The van der Waals surface area contributed by atoms with E-state index < -0.39 is 0 Å². The number of carbonyl (C=O) groups excluding carboxylic acids is 1. The Hall–Kier alpha value is -2.44. The van der Waals surface area contributed by atoms with Crippen LogP contribution in [-0.2, 0) is 0 Å². The van der Waals surface area contributed by atoms with Crippen molar-refractivity contribution in [3.05, 3.63) is 17.7 Å². The monoisotopic (exact) mass is 249 g/mol.